The van der Waals surface area contributed by atoms with E-state index in [4.69, 9.17) is 0 Å². The lowest BCUT2D eigenvalue weighted by atomic mass is 10.1. The van der Waals surface area contributed by atoms with E-state index in [1.54, 1.807) is 0 Å². The molecule has 0 saturated carbocycles. The molecular formula is C12H17N2O+. The highest BCUT2D eigenvalue weighted by Gasteiger charge is 2.19. The molecule has 0 bridgehead atoms. The van der Waals surface area contributed by atoms with E-state index in [1.807, 2.05) is 0 Å². The van der Waals surface area contributed by atoms with Gasteiger partial charge in [0.15, 0.2) is 6.54 Å². The van der Waals surface area contributed by atoms with Crippen LogP contribution in [0.4, 0.5) is 0 Å². The van der Waals surface area contributed by atoms with Crippen molar-refractivity contribution in [1.29, 1.82) is 0 Å². The van der Waals surface area contributed by atoms with Crippen LogP contribution in [0.2, 0.25) is 0 Å². The molecule has 15 heavy (non-hydrogen) atoms. The second kappa shape index (κ2) is 4.45. The SMILES string of the molecule is Cc1cccc(C[NH+]2CCNC(=O)C2)c1. The summed E-state index contributed by atoms with van der Waals surface area (Å²) in [6, 6.07) is 8.50. The zero-order valence-corrected chi connectivity index (χ0v) is 9.05. The summed E-state index contributed by atoms with van der Waals surface area (Å²) in [5.41, 5.74) is 2.60. The zero-order valence-electron chi connectivity index (χ0n) is 9.05. The van der Waals surface area contributed by atoms with Crippen molar-refractivity contribution in [3.63, 3.8) is 0 Å². The standard InChI is InChI=1S/C12H16N2O/c1-10-3-2-4-11(7-10)8-14-6-5-13-12(15)9-14/h2-4,7H,5-6,8-9H2,1H3,(H,13,15)/p+1. The average Bonchev–Trinajstić information content (AvgIpc) is 2.17. The fraction of sp³-hybridized carbons (Fsp3) is 0.417. The fourth-order valence-corrected chi connectivity index (χ4v) is 2.02. The molecular weight excluding hydrogens is 188 g/mol. The monoisotopic (exact) mass is 205 g/mol. The molecule has 1 amide bonds. The maximum absolute atomic E-state index is 11.2. The van der Waals surface area contributed by atoms with Crippen LogP contribution in [0, 0.1) is 6.92 Å². The predicted octanol–water partition coefficient (Wildman–Crippen LogP) is -0.490. The molecule has 2 N–H and O–H groups in total. The van der Waals surface area contributed by atoms with Gasteiger partial charge in [-0.3, -0.25) is 4.79 Å². The van der Waals surface area contributed by atoms with Crippen molar-refractivity contribution < 1.29 is 9.69 Å². The van der Waals surface area contributed by atoms with Gasteiger partial charge in [-0.1, -0.05) is 29.8 Å². The highest BCUT2D eigenvalue weighted by Crippen LogP contribution is 2.01. The summed E-state index contributed by atoms with van der Waals surface area (Å²) in [5, 5.41) is 2.85. The van der Waals surface area contributed by atoms with Crippen LogP contribution in [0.1, 0.15) is 11.1 Å². The van der Waals surface area contributed by atoms with Crippen LogP contribution in [0.3, 0.4) is 0 Å². The first-order valence-corrected chi connectivity index (χ1v) is 5.40. The molecule has 1 aromatic carbocycles. The van der Waals surface area contributed by atoms with Crippen LogP contribution in [0.15, 0.2) is 24.3 Å². The van der Waals surface area contributed by atoms with E-state index in [9.17, 15) is 4.79 Å². The summed E-state index contributed by atoms with van der Waals surface area (Å²) in [6.07, 6.45) is 0. The van der Waals surface area contributed by atoms with Gasteiger partial charge in [0.05, 0.1) is 13.1 Å². The number of quaternary nitrogens is 1. The Labute approximate surface area is 90.1 Å². The van der Waals surface area contributed by atoms with Gasteiger partial charge in [-0.15, -0.1) is 0 Å². The number of piperazine rings is 1. The Morgan fingerprint density at radius 2 is 2.33 bits per heavy atom. The molecule has 1 fully saturated rings. The summed E-state index contributed by atoms with van der Waals surface area (Å²) < 4.78 is 0. The van der Waals surface area contributed by atoms with Crippen LogP contribution in [0.5, 0.6) is 0 Å². The summed E-state index contributed by atoms with van der Waals surface area (Å²) in [4.78, 5) is 12.5. The average molecular weight is 205 g/mol. The molecule has 3 heteroatoms. The van der Waals surface area contributed by atoms with Gasteiger partial charge < -0.3 is 10.2 Å². The van der Waals surface area contributed by atoms with Gasteiger partial charge in [-0.05, 0) is 6.92 Å². The lowest BCUT2D eigenvalue weighted by Gasteiger charge is -2.23. The third kappa shape index (κ3) is 2.80. The fourth-order valence-electron chi connectivity index (χ4n) is 2.02. The van der Waals surface area contributed by atoms with E-state index in [2.05, 4.69) is 36.5 Å². The quantitative estimate of drug-likeness (QED) is 0.671. The first-order chi connectivity index (χ1) is 7.24. The molecule has 1 heterocycles. The van der Waals surface area contributed by atoms with Crippen LogP contribution >= 0.6 is 0 Å². The minimum absolute atomic E-state index is 0.170. The Bertz CT molecular complexity index is 362. The Hall–Kier alpha value is -1.35. The topological polar surface area (TPSA) is 33.5 Å². The number of nitrogens with one attached hydrogen (secondary N) is 2. The van der Waals surface area contributed by atoms with Crippen molar-refractivity contribution in [3.05, 3.63) is 35.4 Å². The molecule has 0 aliphatic carbocycles. The molecule has 3 nitrogen and oxygen atoms in total. The number of carbonyl (C=O) groups excluding carboxylic acids is 1. The molecule has 80 valence electrons. The highest BCUT2D eigenvalue weighted by atomic mass is 16.2. The molecule has 2 rings (SSSR count). The normalized spacial score (nSPS) is 21.1. The Morgan fingerprint density at radius 1 is 1.47 bits per heavy atom. The molecule has 1 atom stereocenters. The van der Waals surface area contributed by atoms with E-state index in [0.29, 0.717) is 6.54 Å². The van der Waals surface area contributed by atoms with E-state index < -0.39 is 0 Å². The van der Waals surface area contributed by atoms with Crippen LogP contribution < -0.4 is 10.2 Å². The molecule has 1 aliphatic heterocycles. The Kier molecular flexibility index (Phi) is 3.02. The number of hydrogen-bond donors (Lipinski definition) is 2. The second-order valence-corrected chi connectivity index (χ2v) is 4.19. The number of rotatable bonds is 2. The lowest BCUT2D eigenvalue weighted by Crippen LogP contribution is -3.14. The maximum atomic E-state index is 11.2. The highest BCUT2D eigenvalue weighted by molar-refractivity contribution is 5.77. The van der Waals surface area contributed by atoms with E-state index in [-0.39, 0.29) is 5.91 Å². The molecule has 0 spiro atoms. The van der Waals surface area contributed by atoms with Crippen molar-refractivity contribution in [3.8, 4) is 0 Å². The molecule has 0 aromatic heterocycles. The van der Waals surface area contributed by atoms with Gasteiger partial charge in [0.1, 0.15) is 6.54 Å². The first kappa shape index (κ1) is 10.2. The van der Waals surface area contributed by atoms with Crippen molar-refractivity contribution in [2.24, 2.45) is 0 Å². The largest absolute Gasteiger partial charge is 0.346 e. The first-order valence-electron chi connectivity index (χ1n) is 5.40. The van der Waals surface area contributed by atoms with Gasteiger partial charge in [0.25, 0.3) is 5.91 Å². The summed E-state index contributed by atoms with van der Waals surface area (Å²) >= 11 is 0. The minimum Gasteiger partial charge on any atom is -0.346 e. The van der Waals surface area contributed by atoms with E-state index in [0.717, 1.165) is 19.6 Å². The van der Waals surface area contributed by atoms with Crippen molar-refractivity contribution in [1.82, 2.24) is 5.32 Å². The lowest BCUT2D eigenvalue weighted by molar-refractivity contribution is -0.907. The number of aryl methyl sites for hydroxylation is 1. The molecule has 1 aliphatic rings. The third-order valence-corrected chi connectivity index (χ3v) is 2.75. The Morgan fingerprint density at radius 3 is 3.07 bits per heavy atom. The maximum Gasteiger partial charge on any atom is 0.275 e. The number of benzene rings is 1. The number of carbonyl (C=O) groups is 1. The predicted molar refractivity (Wildman–Crippen MR) is 58.6 cm³/mol. The second-order valence-electron chi connectivity index (χ2n) is 4.19. The number of amides is 1. The smallest absolute Gasteiger partial charge is 0.275 e. The summed E-state index contributed by atoms with van der Waals surface area (Å²) in [6.45, 7) is 5.49. The summed E-state index contributed by atoms with van der Waals surface area (Å²) in [5.74, 6) is 0.170. The van der Waals surface area contributed by atoms with Gasteiger partial charge in [0, 0.05) is 5.56 Å². The van der Waals surface area contributed by atoms with Crippen LogP contribution in [-0.2, 0) is 11.3 Å². The molecule has 1 unspecified atom stereocenters. The van der Waals surface area contributed by atoms with E-state index >= 15 is 0 Å². The van der Waals surface area contributed by atoms with Crippen LogP contribution in [-0.4, -0.2) is 25.5 Å². The van der Waals surface area contributed by atoms with Gasteiger partial charge >= 0.3 is 0 Å². The Balaban J connectivity index is 1.99. The zero-order chi connectivity index (χ0) is 10.7. The number of hydrogen-bond acceptors (Lipinski definition) is 1. The van der Waals surface area contributed by atoms with Crippen molar-refractivity contribution >= 4 is 5.91 Å². The third-order valence-electron chi connectivity index (χ3n) is 2.75. The van der Waals surface area contributed by atoms with Crippen molar-refractivity contribution in [2.75, 3.05) is 19.6 Å². The van der Waals surface area contributed by atoms with Crippen molar-refractivity contribution in [2.45, 2.75) is 13.5 Å². The van der Waals surface area contributed by atoms with Crippen LogP contribution in [0.25, 0.3) is 0 Å². The summed E-state index contributed by atoms with van der Waals surface area (Å²) in [7, 11) is 0. The van der Waals surface area contributed by atoms with Gasteiger partial charge in [0.2, 0.25) is 0 Å². The molecule has 1 saturated heterocycles. The van der Waals surface area contributed by atoms with Gasteiger partial charge in [-0.2, -0.15) is 0 Å². The molecule has 0 radical (unpaired) electrons. The van der Waals surface area contributed by atoms with E-state index in [1.165, 1.54) is 16.0 Å². The molecule has 1 aromatic rings. The van der Waals surface area contributed by atoms with Gasteiger partial charge in [-0.25, -0.2) is 0 Å². The minimum atomic E-state index is 0.170.